The molecule has 0 bridgehead atoms. The van der Waals surface area contributed by atoms with Gasteiger partial charge >= 0.3 is 12.0 Å². The van der Waals surface area contributed by atoms with Gasteiger partial charge < -0.3 is 29.0 Å². The predicted molar refractivity (Wildman–Crippen MR) is 216 cm³/mol. The molecule has 1 N–H and O–H groups in total. The number of hydrogen-bond acceptors (Lipinski definition) is 12. The number of aromatic nitrogens is 4. The van der Waals surface area contributed by atoms with Gasteiger partial charge in [0.25, 0.3) is 0 Å². The van der Waals surface area contributed by atoms with E-state index in [2.05, 4.69) is 39.3 Å². The number of nitrogens with one attached hydrogen (secondary N) is 1. The number of methoxy groups -OCH3 is 1. The molecule has 0 spiro atoms. The number of hydrogen-bond donors (Lipinski definition) is 1. The molecular weight excluding hydrogens is 768 g/mol. The molecule has 13 nitrogen and oxygen atoms in total. The van der Waals surface area contributed by atoms with Gasteiger partial charge in [-0.05, 0) is 101 Å². The molecule has 0 aliphatic carbocycles. The molecule has 59 heavy (non-hydrogen) atoms. The largest absolute Gasteiger partial charge is 0.461 e. The molecule has 2 aliphatic rings. The number of ether oxygens (including phenoxy) is 3. The quantitative estimate of drug-likeness (QED) is 0.0493. The Labute approximate surface area is 340 Å². The SMILES string of the molecule is CCCC1(COc2nc(N3CC(F)CC(C)(NC=O)C3)c3cnc(-c4cc(OC(=O)c5c(C)noc5C)cc5ccc(F)c(CCCOC)c45)c(F)c3n2)CCCN1C. The van der Waals surface area contributed by atoms with E-state index in [1.165, 1.54) is 24.4 Å². The number of esters is 1. The van der Waals surface area contributed by atoms with Gasteiger partial charge in [0.15, 0.2) is 5.82 Å². The summed E-state index contributed by atoms with van der Waals surface area (Å²) in [6.07, 6.45) is 5.08. The number of likely N-dealkylation sites (tertiary alicyclic amines) is 1. The van der Waals surface area contributed by atoms with Gasteiger partial charge in [-0.3, -0.25) is 14.7 Å². The van der Waals surface area contributed by atoms with Crippen LogP contribution in [-0.4, -0.2) is 102 Å². The zero-order valence-electron chi connectivity index (χ0n) is 34.3. The summed E-state index contributed by atoms with van der Waals surface area (Å²) in [4.78, 5) is 43.0. The number of fused-ring (bicyclic) bond motifs is 2. The van der Waals surface area contributed by atoms with E-state index in [1.807, 2.05) is 0 Å². The smallest absolute Gasteiger partial charge is 0.349 e. The first-order valence-corrected chi connectivity index (χ1v) is 20.0. The fourth-order valence-corrected chi connectivity index (χ4v) is 8.88. The maximum atomic E-state index is 17.6. The summed E-state index contributed by atoms with van der Waals surface area (Å²) < 4.78 is 71.6. The van der Waals surface area contributed by atoms with Crippen LogP contribution >= 0.6 is 0 Å². The van der Waals surface area contributed by atoms with Crippen LogP contribution in [0.15, 0.2) is 35.0 Å². The van der Waals surface area contributed by atoms with Crippen LogP contribution in [-0.2, 0) is 16.0 Å². The average molecular weight is 818 g/mol. The predicted octanol–water partition coefficient (Wildman–Crippen LogP) is 7.22. The molecular formula is C43H50F3N7O6. The first-order valence-electron chi connectivity index (χ1n) is 20.0. The number of aryl methyl sites for hydroxylation is 3. The van der Waals surface area contributed by atoms with Gasteiger partial charge in [0.2, 0.25) is 6.41 Å². The van der Waals surface area contributed by atoms with Crippen molar-refractivity contribution in [2.24, 2.45) is 0 Å². The van der Waals surface area contributed by atoms with Crippen LogP contribution in [0.2, 0.25) is 0 Å². The second kappa shape index (κ2) is 17.1. The highest BCUT2D eigenvalue weighted by molar-refractivity contribution is 6.02. The van der Waals surface area contributed by atoms with Crippen molar-refractivity contribution in [3.05, 3.63) is 64.7 Å². The molecule has 2 aliphatic heterocycles. The van der Waals surface area contributed by atoms with Crippen LogP contribution in [0.4, 0.5) is 19.0 Å². The zero-order chi connectivity index (χ0) is 42.1. The summed E-state index contributed by atoms with van der Waals surface area (Å²) in [5.74, 6) is -1.62. The van der Waals surface area contributed by atoms with Crippen LogP contribution in [0.25, 0.3) is 32.9 Å². The zero-order valence-corrected chi connectivity index (χ0v) is 34.3. The first kappa shape index (κ1) is 41.8. The van der Waals surface area contributed by atoms with Gasteiger partial charge in [0, 0.05) is 38.4 Å². The number of likely N-dealkylation sites (N-methyl/N-ethyl adjacent to an activating group) is 1. The minimum Gasteiger partial charge on any atom is -0.461 e. The summed E-state index contributed by atoms with van der Waals surface area (Å²) >= 11 is 0. The molecule has 5 heterocycles. The Balaban J connectivity index is 1.42. The monoisotopic (exact) mass is 817 g/mol. The Hall–Kier alpha value is -5.35. The Morgan fingerprint density at radius 3 is 2.69 bits per heavy atom. The van der Waals surface area contributed by atoms with E-state index in [9.17, 15) is 9.59 Å². The highest BCUT2D eigenvalue weighted by Gasteiger charge is 2.40. The van der Waals surface area contributed by atoms with Gasteiger partial charge in [-0.25, -0.2) is 18.0 Å². The Kier molecular flexibility index (Phi) is 12.1. The molecule has 16 heteroatoms. The van der Waals surface area contributed by atoms with E-state index >= 15 is 13.2 Å². The number of benzene rings is 2. The van der Waals surface area contributed by atoms with E-state index in [1.54, 1.807) is 38.8 Å². The molecule has 314 valence electrons. The van der Waals surface area contributed by atoms with E-state index in [0.717, 1.165) is 32.2 Å². The molecule has 2 saturated heterocycles. The lowest BCUT2D eigenvalue weighted by Gasteiger charge is -2.42. The van der Waals surface area contributed by atoms with E-state index in [-0.39, 0.29) is 89.1 Å². The molecule has 0 saturated carbocycles. The van der Waals surface area contributed by atoms with Crippen molar-refractivity contribution in [2.45, 2.75) is 89.9 Å². The lowest BCUT2D eigenvalue weighted by Crippen LogP contribution is -2.58. The fourth-order valence-electron chi connectivity index (χ4n) is 8.88. The van der Waals surface area contributed by atoms with Crippen LogP contribution in [0.5, 0.6) is 11.8 Å². The number of halogens is 3. The average Bonchev–Trinajstić information content (AvgIpc) is 3.73. The minimum atomic E-state index is -1.35. The normalized spacial score (nSPS) is 21.0. The molecule has 3 aromatic heterocycles. The van der Waals surface area contributed by atoms with Crippen LogP contribution < -0.4 is 19.7 Å². The number of piperidine rings is 1. The van der Waals surface area contributed by atoms with Gasteiger partial charge in [-0.15, -0.1) is 0 Å². The number of rotatable bonds is 15. The molecule has 5 aromatic rings. The lowest BCUT2D eigenvalue weighted by molar-refractivity contribution is -0.111. The van der Waals surface area contributed by atoms with Crippen molar-refractivity contribution >= 4 is 39.9 Å². The number of carbonyl (C=O) groups excluding carboxylic acids is 2. The van der Waals surface area contributed by atoms with Gasteiger partial charge in [-0.1, -0.05) is 24.6 Å². The number of pyridine rings is 1. The van der Waals surface area contributed by atoms with E-state index in [0.29, 0.717) is 41.5 Å². The minimum absolute atomic E-state index is 0.0480. The van der Waals surface area contributed by atoms with Crippen molar-refractivity contribution in [2.75, 3.05) is 51.9 Å². The fraction of sp³-hybridized carbons (Fsp3) is 0.488. The maximum Gasteiger partial charge on any atom is 0.349 e. The number of anilines is 1. The third-order valence-electron chi connectivity index (χ3n) is 11.7. The first-order chi connectivity index (χ1) is 28.3. The molecule has 3 atom stereocenters. The molecule has 2 aromatic carbocycles. The van der Waals surface area contributed by atoms with Crippen molar-refractivity contribution in [1.29, 1.82) is 0 Å². The number of carbonyl (C=O) groups is 2. The summed E-state index contributed by atoms with van der Waals surface area (Å²) in [6, 6.07) is 5.78. The summed E-state index contributed by atoms with van der Waals surface area (Å²) in [5, 5.41) is 7.62. The standard InChI is InChI=1S/C43H50F3N7O6/c1-7-13-43(14-9-15-52(43)5)23-57-41-49-38-32(39(50-41)53-21-28(44)19-42(4,22-53)48-24-54)20-47-37(36(38)46)31-18-29(58-40(55)34-25(2)51-59-26(34)3)17-27-11-12-33(45)30(35(27)31)10-8-16-56-6/h11-12,17-18,20,24,28H,7-10,13-16,19,21-23H2,1-6H3,(H,48,54). The maximum absolute atomic E-state index is 17.6. The number of amides is 1. The Morgan fingerprint density at radius 2 is 2.00 bits per heavy atom. The van der Waals surface area contributed by atoms with Gasteiger partial charge in [-0.2, -0.15) is 9.97 Å². The third kappa shape index (κ3) is 8.29. The highest BCUT2D eigenvalue weighted by Crippen LogP contribution is 2.41. The highest BCUT2D eigenvalue weighted by atomic mass is 19.1. The summed E-state index contributed by atoms with van der Waals surface area (Å²) in [7, 11) is 3.61. The number of alkyl halides is 1. The van der Waals surface area contributed by atoms with Crippen LogP contribution in [0, 0.1) is 25.5 Å². The lowest BCUT2D eigenvalue weighted by atomic mass is 9.90. The van der Waals surface area contributed by atoms with Crippen molar-refractivity contribution < 1.29 is 41.5 Å². The Bertz CT molecular complexity index is 2360. The summed E-state index contributed by atoms with van der Waals surface area (Å²) in [5.41, 5.74) is -0.647. The molecule has 2 fully saturated rings. The summed E-state index contributed by atoms with van der Waals surface area (Å²) in [6.45, 7) is 8.64. The van der Waals surface area contributed by atoms with Crippen molar-refractivity contribution in [3.63, 3.8) is 0 Å². The second-order valence-corrected chi connectivity index (χ2v) is 16.1. The van der Waals surface area contributed by atoms with Crippen LogP contribution in [0.3, 0.4) is 0 Å². The van der Waals surface area contributed by atoms with Crippen molar-refractivity contribution in [3.8, 4) is 23.0 Å². The second-order valence-electron chi connectivity index (χ2n) is 16.1. The number of nitrogens with zero attached hydrogens (tertiary/aromatic N) is 6. The molecule has 7 rings (SSSR count). The van der Waals surface area contributed by atoms with E-state index in [4.69, 9.17) is 23.7 Å². The van der Waals surface area contributed by atoms with E-state index < -0.39 is 29.3 Å². The molecule has 1 amide bonds. The third-order valence-corrected chi connectivity index (χ3v) is 11.7. The topological polar surface area (TPSA) is 145 Å². The molecule has 0 radical (unpaired) electrons. The Morgan fingerprint density at radius 1 is 1.19 bits per heavy atom. The molecule has 3 unspecified atom stereocenters. The van der Waals surface area contributed by atoms with Crippen molar-refractivity contribution in [1.82, 2.24) is 30.3 Å². The van der Waals surface area contributed by atoms with Crippen LogP contribution in [0.1, 0.15) is 79.7 Å². The van der Waals surface area contributed by atoms with Gasteiger partial charge in [0.1, 0.15) is 52.7 Å². The van der Waals surface area contributed by atoms with Gasteiger partial charge in [0.05, 0.1) is 28.7 Å².